The highest BCUT2D eigenvalue weighted by molar-refractivity contribution is 7.91. The van der Waals surface area contributed by atoms with Crippen LogP contribution in [0.4, 0.5) is 5.69 Å². The van der Waals surface area contributed by atoms with Crippen molar-refractivity contribution in [1.29, 1.82) is 0 Å². The van der Waals surface area contributed by atoms with Crippen LogP contribution in [0.2, 0.25) is 0 Å². The van der Waals surface area contributed by atoms with Crippen LogP contribution in [0.15, 0.2) is 18.3 Å². The van der Waals surface area contributed by atoms with E-state index in [-0.39, 0.29) is 11.4 Å². The van der Waals surface area contributed by atoms with Crippen molar-refractivity contribution in [2.45, 2.75) is 18.1 Å². The average Bonchev–Trinajstić information content (AvgIpc) is 3.00. The number of aromatic nitrogens is 1. The van der Waals surface area contributed by atoms with Crippen molar-refractivity contribution in [3.63, 3.8) is 0 Å². The van der Waals surface area contributed by atoms with Gasteiger partial charge in [-0.3, -0.25) is 4.79 Å². The van der Waals surface area contributed by atoms with Crippen LogP contribution in [0, 0.1) is 0 Å². The first-order valence-corrected chi connectivity index (χ1v) is 6.32. The van der Waals surface area contributed by atoms with Gasteiger partial charge in [0.05, 0.1) is 10.9 Å². The quantitative estimate of drug-likeness (QED) is 0.768. The van der Waals surface area contributed by atoms with Gasteiger partial charge >= 0.3 is 0 Å². The largest absolute Gasteiger partial charge is 0.397 e. The normalized spacial score (nSPS) is 15.8. The monoisotopic (exact) mass is 241 g/mol. The number of hydrogen-bond acceptors (Lipinski definition) is 5. The molecule has 0 saturated heterocycles. The topological polar surface area (TPSA) is 102 Å². The van der Waals surface area contributed by atoms with Crippen molar-refractivity contribution in [3.8, 4) is 0 Å². The molecular weight excluding hydrogens is 230 g/mol. The fourth-order valence-corrected chi connectivity index (χ4v) is 2.53. The van der Waals surface area contributed by atoms with Crippen LogP contribution < -0.4 is 10.5 Å². The maximum absolute atomic E-state index is 11.6. The van der Waals surface area contributed by atoms with Crippen LogP contribution in [-0.4, -0.2) is 24.6 Å². The number of anilines is 1. The molecule has 0 aliphatic heterocycles. The van der Waals surface area contributed by atoms with Gasteiger partial charge in [-0.25, -0.2) is 18.1 Å². The lowest BCUT2D eigenvalue weighted by atomic mass is 10.3. The van der Waals surface area contributed by atoms with Crippen molar-refractivity contribution in [1.82, 2.24) is 9.71 Å². The first-order valence-electron chi connectivity index (χ1n) is 4.77. The number of nitrogen functional groups attached to an aromatic ring is 1. The van der Waals surface area contributed by atoms with E-state index in [0.717, 1.165) is 0 Å². The van der Waals surface area contributed by atoms with E-state index in [1.807, 2.05) is 4.72 Å². The average molecular weight is 241 g/mol. The van der Waals surface area contributed by atoms with Crippen LogP contribution in [-0.2, 0) is 10.0 Å². The first kappa shape index (κ1) is 10.9. The van der Waals surface area contributed by atoms with Crippen molar-refractivity contribution < 1.29 is 13.2 Å². The molecule has 1 aliphatic rings. The lowest BCUT2D eigenvalue weighted by Gasteiger charge is -2.06. The lowest BCUT2D eigenvalue weighted by molar-refractivity contribution is 0.0977. The van der Waals surface area contributed by atoms with E-state index in [2.05, 4.69) is 4.98 Å². The predicted octanol–water partition coefficient (Wildman–Crippen LogP) is -0.114. The Bertz CT molecular complexity index is 523. The molecule has 7 heteroatoms. The van der Waals surface area contributed by atoms with Crippen molar-refractivity contribution >= 4 is 21.6 Å². The molecule has 0 radical (unpaired) electrons. The Morgan fingerprint density at radius 1 is 1.50 bits per heavy atom. The molecule has 1 aliphatic carbocycles. The summed E-state index contributed by atoms with van der Waals surface area (Å²) in [4.78, 5) is 15.3. The number of sulfonamides is 1. The minimum absolute atomic E-state index is 0.0632. The van der Waals surface area contributed by atoms with Crippen molar-refractivity contribution in [3.05, 3.63) is 24.0 Å². The van der Waals surface area contributed by atoms with E-state index in [0.29, 0.717) is 12.8 Å². The van der Waals surface area contributed by atoms with Crippen LogP contribution in [0.5, 0.6) is 0 Å². The maximum Gasteiger partial charge on any atom is 0.285 e. The Kier molecular flexibility index (Phi) is 2.55. The van der Waals surface area contributed by atoms with Crippen LogP contribution in [0.25, 0.3) is 0 Å². The predicted molar refractivity (Wildman–Crippen MR) is 58.1 cm³/mol. The first-order chi connectivity index (χ1) is 7.50. The molecule has 2 rings (SSSR count). The highest BCUT2D eigenvalue weighted by Crippen LogP contribution is 2.27. The zero-order valence-electron chi connectivity index (χ0n) is 8.38. The molecule has 0 spiro atoms. The SMILES string of the molecule is Nc1cccnc1C(=O)NS(=O)(=O)C1CC1. The third-order valence-electron chi connectivity index (χ3n) is 2.25. The van der Waals surface area contributed by atoms with E-state index in [1.165, 1.54) is 12.3 Å². The highest BCUT2D eigenvalue weighted by Gasteiger charge is 2.37. The summed E-state index contributed by atoms with van der Waals surface area (Å²) >= 11 is 0. The molecule has 0 aromatic carbocycles. The minimum atomic E-state index is -3.55. The second-order valence-corrected chi connectivity index (χ2v) is 5.58. The summed E-state index contributed by atoms with van der Waals surface area (Å²) in [5, 5.41) is -0.443. The van der Waals surface area contributed by atoms with Gasteiger partial charge in [0.1, 0.15) is 0 Å². The summed E-state index contributed by atoms with van der Waals surface area (Å²) in [6.07, 6.45) is 2.58. The fourth-order valence-electron chi connectivity index (χ4n) is 1.25. The van der Waals surface area contributed by atoms with E-state index < -0.39 is 21.2 Å². The highest BCUT2D eigenvalue weighted by atomic mass is 32.2. The van der Waals surface area contributed by atoms with E-state index in [4.69, 9.17) is 5.73 Å². The molecule has 1 amide bonds. The molecular formula is C9H11N3O3S. The Morgan fingerprint density at radius 2 is 2.19 bits per heavy atom. The molecule has 0 atom stereocenters. The van der Waals surface area contributed by atoms with E-state index in [9.17, 15) is 13.2 Å². The van der Waals surface area contributed by atoms with Gasteiger partial charge in [0.25, 0.3) is 5.91 Å². The van der Waals surface area contributed by atoms with Gasteiger partial charge in [0, 0.05) is 6.20 Å². The number of carbonyl (C=O) groups is 1. The number of nitrogens with one attached hydrogen (secondary N) is 1. The molecule has 1 fully saturated rings. The molecule has 1 saturated carbocycles. The standard InChI is InChI=1S/C9H11N3O3S/c10-7-2-1-5-11-8(7)9(13)12-16(14,15)6-3-4-6/h1-2,5-6H,3-4,10H2,(H,12,13). The Labute approximate surface area is 92.9 Å². The van der Waals surface area contributed by atoms with Gasteiger partial charge < -0.3 is 5.73 Å². The smallest absolute Gasteiger partial charge is 0.285 e. The Hall–Kier alpha value is -1.63. The summed E-state index contributed by atoms with van der Waals surface area (Å²) in [6, 6.07) is 3.06. The van der Waals surface area contributed by atoms with Gasteiger partial charge in [-0.2, -0.15) is 0 Å². The number of nitrogens with two attached hydrogens (primary N) is 1. The molecule has 86 valence electrons. The fraction of sp³-hybridized carbons (Fsp3) is 0.333. The van der Waals surface area contributed by atoms with Crippen LogP contribution in [0.3, 0.4) is 0 Å². The lowest BCUT2D eigenvalue weighted by Crippen LogP contribution is -2.34. The van der Waals surface area contributed by atoms with Crippen LogP contribution in [0.1, 0.15) is 23.3 Å². The maximum atomic E-state index is 11.6. The molecule has 0 bridgehead atoms. The van der Waals surface area contributed by atoms with Gasteiger partial charge in [-0.15, -0.1) is 0 Å². The zero-order valence-corrected chi connectivity index (χ0v) is 9.20. The molecule has 16 heavy (non-hydrogen) atoms. The second kappa shape index (κ2) is 3.75. The Morgan fingerprint density at radius 3 is 2.75 bits per heavy atom. The number of rotatable bonds is 3. The van der Waals surface area contributed by atoms with Gasteiger partial charge in [-0.1, -0.05) is 0 Å². The second-order valence-electron chi connectivity index (χ2n) is 3.62. The van der Waals surface area contributed by atoms with Gasteiger partial charge in [0.15, 0.2) is 5.69 Å². The number of nitrogens with zero attached hydrogens (tertiary/aromatic N) is 1. The summed E-state index contributed by atoms with van der Waals surface area (Å²) in [6.45, 7) is 0. The van der Waals surface area contributed by atoms with Gasteiger partial charge in [0.2, 0.25) is 10.0 Å². The minimum Gasteiger partial charge on any atom is -0.397 e. The molecule has 1 heterocycles. The molecule has 1 aromatic heterocycles. The van der Waals surface area contributed by atoms with E-state index >= 15 is 0 Å². The molecule has 1 aromatic rings. The summed E-state index contributed by atoms with van der Waals surface area (Å²) in [5.41, 5.74) is 5.61. The summed E-state index contributed by atoms with van der Waals surface area (Å²) < 4.78 is 24.9. The Balaban J connectivity index is 2.18. The van der Waals surface area contributed by atoms with Crippen molar-refractivity contribution in [2.75, 3.05) is 5.73 Å². The zero-order chi connectivity index (χ0) is 11.8. The number of hydrogen-bond donors (Lipinski definition) is 2. The number of amides is 1. The third kappa shape index (κ3) is 2.13. The van der Waals surface area contributed by atoms with E-state index in [1.54, 1.807) is 6.07 Å². The van der Waals surface area contributed by atoms with Crippen molar-refractivity contribution in [2.24, 2.45) is 0 Å². The van der Waals surface area contributed by atoms with Crippen LogP contribution >= 0.6 is 0 Å². The van der Waals surface area contributed by atoms with Gasteiger partial charge in [-0.05, 0) is 25.0 Å². The molecule has 6 nitrogen and oxygen atoms in total. The third-order valence-corrected chi connectivity index (χ3v) is 4.07. The summed E-state index contributed by atoms with van der Waals surface area (Å²) in [5.74, 6) is -0.773. The summed E-state index contributed by atoms with van der Waals surface area (Å²) in [7, 11) is -3.55. The number of carbonyl (C=O) groups excluding carboxylic acids is 1. The molecule has 0 unspecified atom stereocenters. The molecule has 3 N–H and O–H groups in total. The number of pyridine rings is 1.